The third-order valence-corrected chi connectivity index (χ3v) is 3.42. The molecule has 1 nitrogen and oxygen atoms in total. The van der Waals surface area contributed by atoms with Crippen LogP contribution in [0.4, 0.5) is 0 Å². The van der Waals surface area contributed by atoms with Crippen molar-refractivity contribution in [3.8, 4) is 0 Å². The SMILES string of the molecule is O=CC(=Cc1c(Cl)cc(Cl)cc1Cl)c1ccccc1. The predicted octanol–water partition coefficient (Wildman–Crippen LogP) is 5.39. The van der Waals surface area contributed by atoms with Crippen molar-refractivity contribution in [1.82, 2.24) is 0 Å². The fourth-order valence-corrected chi connectivity index (χ4v) is 2.59. The number of carbonyl (C=O) groups excluding carboxylic acids is 1. The van der Waals surface area contributed by atoms with Crippen molar-refractivity contribution >= 4 is 52.7 Å². The molecule has 0 fully saturated rings. The summed E-state index contributed by atoms with van der Waals surface area (Å²) >= 11 is 18.0. The highest BCUT2D eigenvalue weighted by Gasteiger charge is 2.08. The maximum Gasteiger partial charge on any atom is 0.150 e. The Hall–Kier alpha value is -1.28. The van der Waals surface area contributed by atoms with E-state index in [2.05, 4.69) is 0 Å². The molecule has 2 aromatic rings. The van der Waals surface area contributed by atoms with Crippen LogP contribution in [-0.2, 0) is 4.79 Å². The molecule has 19 heavy (non-hydrogen) atoms. The van der Waals surface area contributed by atoms with Crippen LogP contribution in [0.15, 0.2) is 42.5 Å². The second kappa shape index (κ2) is 6.25. The van der Waals surface area contributed by atoms with Crippen LogP contribution in [0.5, 0.6) is 0 Å². The first-order chi connectivity index (χ1) is 9.11. The van der Waals surface area contributed by atoms with Crippen LogP contribution in [0.3, 0.4) is 0 Å². The van der Waals surface area contributed by atoms with Gasteiger partial charge in [0.25, 0.3) is 0 Å². The van der Waals surface area contributed by atoms with Gasteiger partial charge in [0.05, 0.1) is 10.0 Å². The van der Waals surface area contributed by atoms with Gasteiger partial charge in [0, 0.05) is 16.2 Å². The van der Waals surface area contributed by atoms with Gasteiger partial charge in [0.1, 0.15) is 0 Å². The molecule has 0 aromatic heterocycles. The first-order valence-corrected chi connectivity index (χ1v) is 6.62. The van der Waals surface area contributed by atoms with E-state index >= 15 is 0 Å². The van der Waals surface area contributed by atoms with Gasteiger partial charge in [-0.15, -0.1) is 0 Å². The minimum Gasteiger partial charge on any atom is -0.298 e. The van der Waals surface area contributed by atoms with Gasteiger partial charge < -0.3 is 0 Å². The van der Waals surface area contributed by atoms with Crippen LogP contribution in [0.2, 0.25) is 15.1 Å². The Kier molecular flexibility index (Phi) is 4.65. The van der Waals surface area contributed by atoms with Gasteiger partial charge in [-0.1, -0.05) is 65.1 Å². The highest BCUT2D eigenvalue weighted by Crippen LogP contribution is 2.31. The summed E-state index contributed by atoms with van der Waals surface area (Å²) in [7, 11) is 0. The van der Waals surface area contributed by atoms with Crippen LogP contribution >= 0.6 is 34.8 Å². The van der Waals surface area contributed by atoms with Crippen molar-refractivity contribution < 1.29 is 4.79 Å². The Morgan fingerprint density at radius 2 is 1.53 bits per heavy atom. The Balaban J connectivity index is 2.53. The first kappa shape index (κ1) is 14.1. The van der Waals surface area contributed by atoms with Crippen molar-refractivity contribution in [2.24, 2.45) is 0 Å². The lowest BCUT2D eigenvalue weighted by molar-refractivity contribution is -0.103. The largest absolute Gasteiger partial charge is 0.298 e. The molecule has 96 valence electrons. The third kappa shape index (κ3) is 3.38. The van der Waals surface area contributed by atoms with Crippen molar-refractivity contribution in [1.29, 1.82) is 0 Å². The van der Waals surface area contributed by atoms with Crippen LogP contribution in [0.25, 0.3) is 11.6 Å². The number of carbonyl (C=O) groups is 1. The lowest BCUT2D eigenvalue weighted by Crippen LogP contribution is -1.87. The molecule has 2 aromatic carbocycles. The number of benzene rings is 2. The molecule has 0 amide bonds. The highest BCUT2D eigenvalue weighted by atomic mass is 35.5. The van der Waals surface area contributed by atoms with Gasteiger partial charge in [-0.25, -0.2) is 0 Å². The molecule has 4 heteroatoms. The van der Waals surface area contributed by atoms with Crippen LogP contribution in [0.1, 0.15) is 11.1 Å². The summed E-state index contributed by atoms with van der Waals surface area (Å²) in [6, 6.07) is 12.5. The Morgan fingerprint density at radius 1 is 0.947 bits per heavy atom. The zero-order valence-corrected chi connectivity index (χ0v) is 12.0. The fourth-order valence-electron chi connectivity index (χ4n) is 1.66. The van der Waals surface area contributed by atoms with E-state index in [9.17, 15) is 4.79 Å². The maximum absolute atomic E-state index is 11.2. The van der Waals surface area contributed by atoms with Crippen LogP contribution in [-0.4, -0.2) is 6.29 Å². The summed E-state index contributed by atoms with van der Waals surface area (Å²) in [6.45, 7) is 0. The second-order valence-electron chi connectivity index (χ2n) is 3.87. The summed E-state index contributed by atoms with van der Waals surface area (Å²) in [5.74, 6) is 0. The number of aldehydes is 1. The Labute approximate surface area is 126 Å². The molecule has 0 unspecified atom stereocenters. The molecule has 0 heterocycles. The molecule has 0 saturated carbocycles. The zero-order valence-electron chi connectivity index (χ0n) is 9.74. The van der Waals surface area contributed by atoms with E-state index in [0.29, 0.717) is 26.2 Å². The molecule has 0 radical (unpaired) electrons. The van der Waals surface area contributed by atoms with Crippen molar-refractivity contribution in [2.75, 3.05) is 0 Å². The molecular formula is C15H9Cl3O. The molecule has 0 aliphatic rings. The predicted molar refractivity (Wildman–Crippen MR) is 81.8 cm³/mol. The molecular weight excluding hydrogens is 303 g/mol. The quantitative estimate of drug-likeness (QED) is 0.422. The van der Waals surface area contributed by atoms with Crippen LogP contribution in [0, 0.1) is 0 Å². The van der Waals surface area contributed by atoms with Gasteiger partial charge >= 0.3 is 0 Å². The van der Waals surface area contributed by atoms with E-state index in [0.717, 1.165) is 11.8 Å². The Bertz CT molecular complexity index is 610. The molecule has 0 aliphatic carbocycles. The monoisotopic (exact) mass is 310 g/mol. The number of rotatable bonds is 3. The van der Waals surface area contributed by atoms with Crippen molar-refractivity contribution in [3.63, 3.8) is 0 Å². The average Bonchev–Trinajstić information content (AvgIpc) is 2.39. The van der Waals surface area contributed by atoms with Gasteiger partial charge in [0.2, 0.25) is 0 Å². The molecule has 0 atom stereocenters. The van der Waals surface area contributed by atoms with E-state index < -0.39 is 0 Å². The lowest BCUT2D eigenvalue weighted by Gasteiger charge is -2.05. The number of hydrogen-bond acceptors (Lipinski definition) is 1. The van der Waals surface area contributed by atoms with Gasteiger partial charge in [-0.3, -0.25) is 4.79 Å². The van der Waals surface area contributed by atoms with Crippen molar-refractivity contribution in [2.45, 2.75) is 0 Å². The highest BCUT2D eigenvalue weighted by molar-refractivity contribution is 6.40. The van der Waals surface area contributed by atoms with E-state index in [4.69, 9.17) is 34.8 Å². The summed E-state index contributed by atoms with van der Waals surface area (Å²) in [5, 5.41) is 1.28. The summed E-state index contributed by atoms with van der Waals surface area (Å²) in [5.41, 5.74) is 1.89. The van der Waals surface area contributed by atoms with Gasteiger partial charge in [-0.2, -0.15) is 0 Å². The summed E-state index contributed by atoms with van der Waals surface area (Å²) in [4.78, 5) is 11.2. The van der Waals surface area contributed by atoms with E-state index in [1.807, 2.05) is 30.3 Å². The third-order valence-electron chi connectivity index (χ3n) is 2.58. The molecule has 0 N–H and O–H groups in total. The molecule has 0 saturated heterocycles. The summed E-state index contributed by atoms with van der Waals surface area (Å²) < 4.78 is 0. The van der Waals surface area contributed by atoms with Gasteiger partial charge in [-0.05, 0) is 23.8 Å². The average molecular weight is 312 g/mol. The van der Waals surface area contributed by atoms with E-state index in [1.54, 1.807) is 18.2 Å². The maximum atomic E-state index is 11.2. The fraction of sp³-hybridized carbons (Fsp3) is 0. The van der Waals surface area contributed by atoms with E-state index in [1.165, 1.54) is 0 Å². The standard InChI is InChI=1S/C15H9Cl3O/c16-12-7-14(17)13(15(18)8-12)6-11(9-19)10-4-2-1-3-5-10/h1-9H. The second-order valence-corrected chi connectivity index (χ2v) is 5.12. The topological polar surface area (TPSA) is 17.1 Å². The first-order valence-electron chi connectivity index (χ1n) is 5.48. The van der Waals surface area contributed by atoms with Gasteiger partial charge in [0.15, 0.2) is 6.29 Å². The van der Waals surface area contributed by atoms with E-state index in [-0.39, 0.29) is 0 Å². The Morgan fingerprint density at radius 3 is 2.05 bits per heavy atom. The number of halogens is 3. The number of hydrogen-bond donors (Lipinski definition) is 0. The number of allylic oxidation sites excluding steroid dienone is 1. The smallest absolute Gasteiger partial charge is 0.150 e. The van der Waals surface area contributed by atoms with Crippen molar-refractivity contribution in [3.05, 3.63) is 68.7 Å². The molecule has 0 bridgehead atoms. The van der Waals surface area contributed by atoms with Crippen LogP contribution < -0.4 is 0 Å². The molecule has 0 spiro atoms. The summed E-state index contributed by atoms with van der Waals surface area (Å²) in [6.07, 6.45) is 2.43. The molecule has 0 aliphatic heterocycles. The zero-order chi connectivity index (χ0) is 13.8. The molecule has 2 rings (SSSR count). The minimum absolute atomic E-state index is 0.410. The minimum atomic E-state index is 0.410. The normalized spacial score (nSPS) is 11.4. The lowest BCUT2D eigenvalue weighted by atomic mass is 10.0.